The van der Waals surface area contributed by atoms with Crippen LogP contribution < -0.4 is 0 Å². The number of aliphatic hydroxyl groups is 1. The fourth-order valence-electron chi connectivity index (χ4n) is 0.688. The van der Waals surface area contributed by atoms with Crippen LogP contribution in [-0.2, 0) is 0 Å². The van der Waals surface area contributed by atoms with Crippen molar-refractivity contribution >= 4 is 15.9 Å². The van der Waals surface area contributed by atoms with Gasteiger partial charge in [-0.15, -0.1) is 0 Å². The van der Waals surface area contributed by atoms with Crippen molar-refractivity contribution < 1.29 is 5.11 Å². The number of hydrogen-bond acceptors (Lipinski definition) is 2. The SMILES string of the molecule is CC(C)N(C)CCC(O)CBr. The molecule has 0 saturated carbocycles. The molecule has 0 radical (unpaired) electrons. The molecule has 0 heterocycles. The van der Waals surface area contributed by atoms with Crippen LogP contribution in [0, 0.1) is 0 Å². The van der Waals surface area contributed by atoms with Crippen molar-refractivity contribution in [2.75, 3.05) is 18.9 Å². The van der Waals surface area contributed by atoms with Crippen LogP contribution in [0.25, 0.3) is 0 Å². The molecule has 11 heavy (non-hydrogen) atoms. The monoisotopic (exact) mass is 223 g/mol. The molecule has 0 aliphatic carbocycles. The molecule has 0 aliphatic rings. The summed E-state index contributed by atoms with van der Waals surface area (Å²) in [4.78, 5) is 2.23. The highest BCUT2D eigenvalue weighted by molar-refractivity contribution is 9.09. The predicted molar refractivity (Wildman–Crippen MR) is 52.2 cm³/mol. The Labute approximate surface area is 77.7 Å². The van der Waals surface area contributed by atoms with Crippen molar-refractivity contribution in [3.05, 3.63) is 0 Å². The Bertz CT molecular complexity index is 98.1. The number of aliphatic hydroxyl groups excluding tert-OH is 1. The third kappa shape index (κ3) is 5.65. The third-order valence-electron chi connectivity index (χ3n) is 1.87. The molecule has 0 fully saturated rings. The van der Waals surface area contributed by atoms with Gasteiger partial charge in [-0.3, -0.25) is 0 Å². The lowest BCUT2D eigenvalue weighted by molar-refractivity contribution is 0.160. The summed E-state index contributed by atoms with van der Waals surface area (Å²) in [5.74, 6) is 0. The summed E-state index contributed by atoms with van der Waals surface area (Å²) >= 11 is 3.23. The fraction of sp³-hybridized carbons (Fsp3) is 1.00. The second-order valence-electron chi connectivity index (χ2n) is 3.17. The topological polar surface area (TPSA) is 23.5 Å². The average Bonchev–Trinajstić information content (AvgIpc) is 1.99. The van der Waals surface area contributed by atoms with Gasteiger partial charge >= 0.3 is 0 Å². The second kappa shape index (κ2) is 5.98. The molecule has 0 aliphatic heterocycles. The molecule has 0 aromatic heterocycles. The van der Waals surface area contributed by atoms with E-state index >= 15 is 0 Å². The Morgan fingerprint density at radius 3 is 2.36 bits per heavy atom. The van der Waals surface area contributed by atoms with Crippen LogP contribution >= 0.6 is 15.9 Å². The quantitative estimate of drug-likeness (QED) is 0.715. The lowest BCUT2D eigenvalue weighted by Gasteiger charge is -2.21. The minimum atomic E-state index is -0.198. The molecule has 1 atom stereocenters. The van der Waals surface area contributed by atoms with E-state index in [-0.39, 0.29) is 6.10 Å². The van der Waals surface area contributed by atoms with Gasteiger partial charge in [0.15, 0.2) is 0 Å². The standard InChI is InChI=1S/C8H18BrNO/c1-7(2)10(3)5-4-8(11)6-9/h7-8,11H,4-6H2,1-3H3. The summed E-state index contributed by atoms with van der Waals surface area (Å²) in [5, 5.41) is 9.89. The zero-order valence-electron chi connectivity index (χ0n) is 7.55. The van der Waals surface area contributed by atoms with Crippen LogP contribution in [0.15, 0.2) is 0 Å². The van der Waals surface area contributed by atoms with E-state index in [1.807, 2.05) is 0 Å². The van der Waals surface area contributed by atoms with E-state index in [0.29, 0.717) is 11.4 Å². The molecule has 0 aromatic rings. The van der Waals surface area contributed by atoms with Crippen LogP contribution in [0.3, 0.4) is 0 Å². The highest BCUT2D eigenvalue weighted by atomic mass is 79.9. The summed E-state index contributed by atoms with van der Waals surface area (Å²) in [7, 11) is 2.08. The predicted octanol–water partition coefficient (Wildman–Crippen LogP) is 1.47. The highest BCUT2D eigenvalue weighted by Gasteiger charge is 2.06. The van der Waals surface area contributed by atoms with Gasteiger partial charge < -0.3 is 10.0 Å². The first-order valence-electron chi connectivity index (χ1n) is 4.02. The van der Waals surface area contributed by atoms with E-state index in [2.05, 4.69) is 41.7 Å². The molecule has 0 aromatic carbocycles. The van der Waals surface area contributed by atoms with E-state index in [4.69, 9.17) is 0 Å². The second-order valence-corrected chi connectivity index (χ2v) is 3.82. The summed E-state index contributed by atoms with van der Waals surface area (Å²) < 4.78 is 0. The van der Waals surface area contributed by atoms with E-state index in [1.54, 1.807) is 0 Å². The normalized spacial score (nSPS) is 14.5. The van der Waals surface area contributed by atoms with E-state index in [0.717, 1.165) is 13.0 Å². The smallest absolute Gasteiger partial charge is 0.0649 e. The lowest BCUT2D eigenvalue weighted by atomic mass is 10.2. The number of rotatable bonds is 5. The molecule has 1 N–H and O–H groups in total. The zero-order chi connectivity index (χ0) is 8.85. The molecular weight excluding hydrogens is 206 g/mol. The maximum absolute atomic E-state index is 9.22. The summed E-state index contributed by atoms with van der Waals surface area (Å²) in [6, 6.07) is 0.567. The van der Waals surface area contributed by atoms with Gasteiger partial charge in [0, 0.05) is 17.9 Å². The minimum absolute atomic E-state index is 0.198. The Balaban J connectivity index is 3.37. The number of alkyl halides is 1. The van der Waals surface area contributed by atoms with Crippen LogP contribution in [0.5, 0.6) is 0 Å². The molecule has 0 rings (SSSR count). The van der Waals surface area contributed by atoms with Crippen molar-refractivity contribution in [1.82, 2.24) is 4.90 Å². The Kier molecular flexibility index (Phi) is 6.19. The van der Waals surface area contributed by atoms with Gasteiger partial charge in [0.2, 0.25) is 0 Å². The highest BCUT2D eigenvalue weighted by Crippen LogP contribution is 2.00. The third-order valence-corrected chi connectivity index (χ3v) is 2.62. The molecule has 68 valence electrons. The molecule has 2 nitrogen and oxygen atoms in total. The summed E-state index contributed by atoms with van der Waals surface area (Å²) in [6.07, 6.45) is 0.649. The van der Waals surface area contributed by atoms with Crippen molar-refractivity contribution in [3.63, 3.8) is 0 Å². The molecule has 0 amide bonds. The van der Waals surface area contributed by atoms with Crippen LogP contribution in [-0.4, -0.2) is 41.1 Å². The van der Waals surface area contributed by atoms with Crippen molar-refractivity contribution in [1.29, 1.82) is 0 Å². The Hall–Kier alpha value is 0.400. The Morgan fingerprint density at radius 1 is 1.45 bits per heavy atom. The first-order valence-corrected chi connectivity index (χ1v) is 5.14. The van der Waals surface area contributed by atoms with Crippen LogP contribution in [0.2, 0.25) is 0 Å². The van der Waals surface area contributed by atoms with Gasteiger partial charge in [-0.25, -0.2) is 0 Å². The number of hydrogen-bond donors (Lipinski definition) is 1. The van der Waals surface area contributed by atoms with Gasteiger partial charge in [0.05, 0.1) is 6.10 Å². The van der Waals surface area contributed by atoms with E-state index < -0.39 is 0 Å². The van der Waals surface area contributed by atoms with Gasteiger partial charge in [-0.1, -0.05) is 15.9 Å². The van der Waals surface area contributed by atoms with E-state index in [1.165, 1.54) is 0 Å². The van der Waals surface area contributed by atoms with Gasteiger partial charge in [0.25, 0.3) is 0 Å². The minimum Gasteiger partial charge on any atom is -0.392 e. The molecule has 1 unspecified atom stereocenters. The molecule has 0 saturated heterocycles. The van der Waals surface area contributed by atoms with Gasteiger partial charge in [-0.05, 0) is 27.3 Å². The number of nitrogens with zero attached hydrogens (tertiary/aromatic N) is 1. The van der Waals surface area contributed by atoms with Crippen molar-refractivity contribution in [2.24, 2.45) is 0 Å². The van der Waals surface area contributed by atoms with E-state index in [9.17, 15) is 5.11 Å². The summed E-state index contributed by atoms with van der Waals surface area (Å²) in [5.41, 5.74) is 0. The first kappa shape index (κ1) is 11.4. The average molecular weight is 224 g/mol. The van der Waals surface area contributed by atoms with Crippen LogP contribution in [0.1, 0.15) is 20.3 Å². The molecule has 0 spiro atoms. The lowest BCUT2D eigenvalue weighted by Crippen LogP contribution is -2.29. The van der Waals surface area contributed by atoms with Crippen molar-refractivity contribution in [2.45, 2.75) is 32.4 Å². The molecule has 0 bridgehead atoms. The van der Waals surface area contributed by atoms with Crippen molar-refractivity contribution in [3.8, 4) is 0 Å². The zero-order valence-corrected chi connectivity index (χ0v) is 9.13. The molecule has 3 heteroatoms. The number of halogens is 1. The molecular formula is C8H18BrNO. The largest absolute Gasteiger partial charge is 0.392 e. The maximum atomic E-state index is 9.22. The van der Waals surface area contributed by atoms with Crippen LogP contribution in [0.4, 0.5) is 0 Å². The fourth-order valence-corrected chi connectivity index (χ4v) is 1.01. The maximum Gasteiger partial charge on any atom is 0.0649 e. The van der Waals surface area contributed by atoms with Gasteiger partial charge in [0.1, 0.15) is 0 Å². The first-order chi connectivity index (χ1) is 5.07. The summed E-state index contributed by atoms with van der Waals surface area (Å²) in [6.45, 7) is 5.27. The van der Waals surface area contributed by atoms with Gasteiger partial charge in [-0.2, -0.15) is 0 Å². The Morgan fingerprint density at radius 2 is 2.00 bits per heavy atom.